The number of hydrogen-bond donors (Lipinski definition) is 24. The number of aliphatic hydroxyl groups excluding tert-OH is 2. The fourth-order valence-corrected chi connectivity index (χ4v) is 11.4. The Balaban J connectivity index is 1.70. The van der Waals surface area contributed by atoms with Crippen LogP contribution in [0.25, 0.3) is 10.9 Å². The standard InChI is InChI=1S/C72H103N17O27/c1-5-6-7-8-9-10-11-22-53(94)81-44(25-38-31-76-42-20-15-13-17-39(38)42)66(109)84-45(27-52(75)93)67(110)86-48(30-59(103)104)68(111)89-61(37(4)91)70(113)78-33-54(95)80-43(21-16-23-73)64(107)85-47(29-58(101)102)65(108)79-36(3)62(105)83-46(28-57(99)100)63(106)77-32-55(96)82-50(34-90)69(112)88-60(35(2)24-56(97)98)71(114)87-49(72(115)116)26-51(92)40-18-12-14-19-41(40)74/h12-15,17-20,31,35-37,43-50,60-61,76,90-91H,5-11,16,21-30,32-34,73-74H2,1-4H3,(H2,75,93)(H,77,106)(H,78,113)(H,79,108)(H,80,95)(H,81,94)(H,82,96)(H,83,105)(H,84,109)(H,85,107)(H,86,110)(H,87,114)(H,88,112)(H,89,111)(H,97,98)(H,99,100)(H,101,102)(H,103,104)(H,115,116)/t35-,36+,37?,43+,44-,45-,46-,47?,48-,49-,50?,60-,61?/m0/s1. The number of carboxylic acid groups (broad SMARTS) is 5. The lowest BCUT2D eigenvalue weighted by atomic mass is 9.96. The number of amides is 14. The second-order valence-corrected chi connectivity index (χ2v) is 27.2. The second kappa shape index (κ2) is 49.7. The van der Waals surface area contributed by atoms with E-state index in [9.17, 15) is 132 Å². The first-order valence-electron chi connectivity index (χ1n) is 36.9. The quantitative estimate of drug-likeness (QED) is 0.0142. The van der Waals surface area contributed by atoms with Crippen molar-refractivity contribution in [2.45, 2.75) is 209 Å². The Bertz CT molecular complexity index is 4020. The summed E-state index contributed by atoms with van der Waals surface area (Å²) in [5.74, 6) is -27.9. The average molecular weight is 1640 g/mol. The van der Waals surface area contributed by atoms with Gasteiger partial charge in [0.15, 0.2) is 5.78 Å². The van der Waals surface area contributed by atoms with Crippen LogP contribution in [0.1, 0.15) is 146 Å². The minimum atomic E-state index is -2.13. The summed E-state index contributed by atoms with van der Waals surface area (Å²) in [6.07, 6.45) is -0.693. The van der Waals surface area contributed by atoms with Crippen molar-refractivity contribution in [3.8, 4) is 0 Å². The number of ketones is 1. The van der Waals surface area contributed by atoms with E-state index in [-0.39, 0.29) is 43.5 Å². The molecule has 44 nitrogen and oxygen atoms in total. The number of aromatic amines is 1. The minimum Gasteiger partial charge on any atom is -0.481 e. The molecule has 0 aliphatic carbocycles. The third kappa shape index (κ3) is 34.7. The molecule has 3 aromatic rings. The molecule has 0 bridgehead atoms. The van der Waals surface area contributed by atoms with Crippen molar-refractivity contribution in [2.24, 2.45) is 17.4 Å². The lowest BCUT2D eigenvalue weighted by Crippen LogP contribution is -2.61. The van der Waals surface area contributed by atoms with Crippen LogP contribution in [0.4, 0.5) is 5.69 Å². The summed E-state index contributed by atoms with van der Waals surface area (Å²) in [4.78, 5) is 265. The van der Waals surface area contributed by atoms with Gasteiger partial charge in [-0.05, 0) is 69.3 Å². The highest BCUT2D eigenvalue weighted by Gasteiger charge is 2.39. The molecule has 1 heterocycles. The van der Waals surface area contributed by atoms with Gasteiger partial charge in [-0.2, -0.15) is 0 Å². The third-order valence-corrected chi connectivity index (χ3v) is 17.6. The molecule has 2 aromatic carbocycles. The van der Waals surface area contributed by atoms with Crippen molar-refractivity contribution in [3.05, 3.63) is 65.9 Å². The number of unbranched alkanes of at least 4 members (excludes halogenated alkanes) is 6. The van der Waals surface area contributed by atoms with Crippen molar-refractivity contribution in [1.29, 1.82) is 0 Å². The predicted molar refractivity (Wildman–Crippen MR) is 404 cm³/mol. The van der Waals surface area contributed by atoms with E-state index in [0.717, 1.165) is 59.3 Å². The number of benzene rings is 2. The number of nitrogens with two attached hydrogens (primary N) is 3. The molecule has 0 spiro atoms. The van der Waals surface area contributed by atoms with Gasteiger partial charge in [-0.3, -0.25) is 91.1 Å². The molecule has 27 N–H and O–H groups in total. The van der Waals surface area contributed by atoms with Gasteiger partial charge in [0.1, 0.15) is 66.5 Å². The largest absolute Gasteiger partial charge is 0.481 e. The van der Waals surface area contributed by atoms with E-state index in [2.05, 4.69) is 65.1 Å². The maximum atomic E-state index is 14.1. The van der Waals surface area contributed by atoms with Crippen molar-refractivity contribution in [2.75, 3.05) is 32.0 Å². The molecule has 638 valence electrons. The molecule has 0 fully saturated rings. The van der Waals surface area contributed by atoms with Crippen LogP contribution in [-0.2, 0) is 97.5 Å². The Morgan fingerprint density at radius 2 is 0.897 bits per heavy atom. The summed E-state index contributed by atoms with van der Waals surface area (Å²) < 4.78 is 0. The summed E-state index contributed by atoms with van der Waals surface area (Å²) in [5.41, 5.74) is 18.1. The Hall–Kier alpha value is -12.7. The first-order chi connectivity index (χ1) is 54.7. The number of rotatable bonds is 55. The second-order valence-electron chi connectivity index (χ2n) is 27.2. The van der Waals surface area contributed by atoms with Crippen LogP contribution in [0.3, 0.4) is 0 Å². The van der Waals surface area contributed by atoms with Gasteiger partial charge < -0.3 is 127 Å². The number of Topliss-reactive ketones (excluding diaryl/α,β-unsaturated/α-hetero) is 1. The van der Waals surface area contributed by atoms with E-state index in [1.54, 1.807) is 30.5 Å². The maximum absolute atomic E-state index is 14.1. The first kappa shape index (κ1) is 97.5. The molecule has 116 heavy (non-hydrogen) atoms. The molecule has 14 amide bonds. The number of primary amides is 1. The van der Waals surface area contributed by atoms with E-state index in [4.69, 9.17) is 17.2 Å². The van der Waals surface area contributed by atoms with Crippen LogP contribution in [0.2, 0.25) is 0 Å². The number of carbonyl (C=O) groups excluding carboxylic acids is 15. The monoisotopic (exact) mass is 1640 g/mol. The summed E-state index contributed by atoms with van der Waals surface area (Å²) in [5, 5.41) is 97.9. The Morgan fingerprint density at radius 3 is 1.44 bits per heavy atom. The van der Waals surface area contributed by atoms with Gasteiger partial charge in [-0.1, -0.05) is 82.7 Å². The number of fused-ring (bicyclic) bond motifs is 1. The molecule has 0 saturated carbocycles. The normalized spacial score (nSPS) is 14.3. The number of aromatic nitrogens is 1. The van der Waals surface area contributed by atoms with Crippen molar-refractivity contribution >= 4 is 135 Å². The molecule has 0 radical (unpaired) electrons. The number of aliphatic hydroxyl groups is 2. The minimum absolute atomic E-state index is 0.0168. The van der Waals surface area contributed by atoms with Gasteiger partial charge in [0.2, 0.25) is 82.7 Å². The fourth-order valence-electron chi connectivity index (χ4n) is 11.4. The molecule has 4 unspecified atom stereocenters. The fraction of sp³-hybridized carbons (Fsp3) is 0.528. The highest BCUT2D eigenvalue weighted by atomic mass is 16.4. The molecule has 1 aromatic heterocycles. The number of nitrogen functional groups attached to an aromatic ring is 1. The van der Waals surface area contributed by atoms with Crippen molar-refractivity contribution < 1.29 is 132 Å². The van der Waals surface area contributed by atoms with Crippen molar-refractivity contribution in [1.82, 2.24) is 74.1 Å². The number of nitrogens with one attached hydrogen (secondary N) is 14. The number of H-pyrrole nitrogens is 1. The van der Waals surface area contributed by atoms with E-state index >= 15 is 0 Å². The zero-order chi connectivity index (χ0) is 87.1. The molecule has 44 heteroatoms. The van der Waals surface area contributed by atoms with Gasteiger partial charge in [0.05, 0.1) is 57.9 Å². The van der Waals surface area contributed by atoms with Crippen LogP contribution in [0, 0.1) is 5.92 Å². The zero-order valence-electron chi connectivity index (χ0n) is 64.1. The molecule has 0 aliphatic rings. The van der Waals surface area contributed by atoms with Crippen LogP contribution >= 0.6 is 0 Å². The molecule has 3 rings (SSSR count). The topological polar surface area (TPSA) is 733 Å². The van der Waals surface area contributed by atoms with E-state index < -0.39 is 255 Å². The average Bonchev–Trinajstić information content (AvgIpc) is 1.68. The number of carbonyl (C=O) groups is 20. The van der Waals surface area contributed by atoms with Crippen LogP contribution in [0.15, 0.2) is 54.7 Å². The number of anilines is 1. The lowest BCUT2D eigenvalue weighted by molar-refractivity contribution is -0.143. The predicted octanol–water partition coefficient (Wildman–Crippen LogP) is -6.10. The molecular weight excluding hydrogens is 1530 g/mol. The van der Waals surface area contributed by atoms with Crippen LogP contribution < -0.4 is 86.3 Å². The van der Waals surface area contributed by atoms with E-state index in [1.807, 2.05) is 16.0 Å². The Kier molecular flexibility index (Phi) is 41.7. The molecule has 0 saturated heterocycles. The van der Waals surface area contributed by atoms with Gasteiger partial charge in [-0.15, -0.1) is 0 Å². The highest BCUT2D eigenvalue weighted by molar-refractivity contribution is 6.05. The summed E-state index contributed by atoms with van der Waals surface area (Å²) >= 11 is 0. The number of hydrogen-bond acceptors (Lipinski definition) is 24. The van der Waals surface area contributed by atoms with Gasteiger partial charge in [0.25, 0.3) is 0 Å². The van der Waals surface area contributed by atoms with E-state index in [1.165, 1.54) is 24.3 Å². The highest BCUT2D eigenvalue weighted by Crippen LogP contribution is 2.21. The summed E-state index contributed by atoms with van der Waals surface area (Å²) in [7, 11) is 0. The lowest BCUT2D eigenvalue weighted by Gasteiger charge is -2.27. The number of para-hydroxylation sites is 2. The number of carboxylic acids is 5. The van der Waals surface area contributed by atoms with E-state index in [0.29, 0.717) is 22.9 Å². The Labute approximate surface area is 663 Å². The maximum Gasteiger partial charge on any atom is 0.326 e. The smallest absolute Gasteiger partial charge is 0.326 e. The first-order valence-corrected chi connectivity index (χ1v) is 36.9. The zero-order valence-corrected chi connectivity index (χ0v) is 64.1. The SMILES string of the molecule is CCCCCCCCCC(=O)N[C@@H](Cc1c[nH]c2ccccc12)C(=O)N[C@@H](CC(N)=O)C(=O)N[C@@H](CC(=O)O)C(=O)NC(C(=O)NCC(=O)N[C@H](CCCN)C(=O)NC(CC(=O)O)C(=O)N[C@H](C)C(=O)N[C@@H](CC(=O)O)C(=O)NCC(=O)NC(CO)C(=O)N[C@H](C(=O)N[C@@H](CC(=O)c1ccccc1N)C(=O)O)[C@@H](C)CC(=O)O)C(C)O. The third-order valence-electron chi connectivity index (χ3n) is 17.6. The van der Waals surface area contributed by atoms with Crippen LogP contribution in [-0.4, -0.2) is 258 Å². The van der Waals surface area contributed by atoms with Crippen molar-refractivity contribution in [3.63, 3.8) is 0 Å². The Morgan fingerprint density at radius 1 is 0.440 bits per heavy atom. The van der Waals surface area contributed by atoms with Gasteiger partial charge in [0, 0.05) is 47.6 Å². The molecular formula is C72H103N17O27. The summed E-state index contributed by atoms with van der Waals surface area (Å²) in [6, 6.07) is -8.39. The van der Waals surface area contributed by atoms with Gasteiger partial charge in [-0.25, -0.2) is 4.79 Å². The number of aliphatic carboxylic acids is 5. The molecule has 13 atom stereocenters. The van der Waals surface area contributed by atoms with Crippen LogP contribution in [0.5, 0.6) is 0 Å². The van der Waals surface area contributed by atoms with Gasteiger partial charge >= 0.3 is 29.8 Å². The summed E-state index contributed by atoms with van der Waals surface area (Å²) in [6.45, 7) is 1.60. The molecule has 0 aliphatic heterocycles.